The molecule has 0 saturated carbocycles. The van der Waals surface area contributed by atoms with Gasteiger partial charge in [-0.05, 0) is 33.2 Å². The Morgan fingerprint density at radius 1 is 1.38 bits per heavy atom. The number of likely N-dealkylation sites (N-methyl/N-ethyl adjacent to an activating group) is 1. The first-order valence-electron chi connectivity index (χ1n) is 10.4. The van der Waals surface area contributed by atoms with Crippen molar-refractivity contribution in [1.82, 2.24) is 19.4 Å². The standard InChI is InChI=1S/C21H31N5O5S/c1-14-9-26(15(2)12-27)21(28)16-7-6-8-17(20(16)31-18(14)10-24(3)4)23-32(29,30)19-11-25(5)13-22-19/h6-8,11,13-15,18,23,27H,9-10,12H2,1-5H3/t14-,15-,18-/m1/s1. The highest BCUT2D eigenvalue weighted by molar-refractivity contribution is 7.92. The highest BCUT2D eigenvalue weighted by atomic mass is 32.2. The van der Waals surface area contributed by atoms with Crippen LogP contribution in [0, 0.1) is 5.92 Å². The molecule has 0 spiro atoms. The fourth-order valence-electron chi connectivity index (χ4n) is 3.63. The van der Waals surface area contributed by atoms with Gasteiger partial charge in [0.05, 0.1) is 30.2 Å². The first-order valence-corrected chi connectivity index (χ1v) is 11.9. The van der Waals surface area contributed by atoms with Crippen molar-refractivity contribution in [3.05, 3.63) is 36.3 Å². The van der Waals surface area contributed by atoms with Crippen molar-refractivity contribution < 1.29 is 23.1 Å². The number of carbonyl (C=O) groups is 1. The summed E-state index contributed by atoms with van der Waals surface area (Å²) in [6, 6.07) is 4.37. The number of aryl methyl sites for hydroxylation is 1. The van der Waals surface area contributed by atoms with Crippen molar-refractivity contribution in [3.8, 4) is 5.75 Å². The number of fused-ring (bicyclic) bond motifs is 1. The molecule has 1 aromatic carbocycles. The third kappa shape index (κ3) is 5.05. The number of aliphatic hydroxyl groups is 1. The number of nitrogens with zero attached hydrogens (tertiary/aromatic N) is 4. The molecule has 1 aliphatic rings. The van der Waals surface area contributed by atoms with E-state index in [9.17, 15) is 18.3 Å². The van der Waals surface area contributed by atoms with Crippen LogP contribution >= 0.6 is 0 Å². The number of rotatable bonds is 7. The SMILES string of the molecule is C[C@@H]1CN([C@H](C)CO)C(=O)c2cccc(NS(=O)(=O)c3cn(C)cn3)c2O[C@@H]1CN(C)C. The quantitative estimate of drug-likeness (QED) is 0.627. The van der Waals surface area contributed by atoms with Crippen molar-refractivity contribution in [3.63, 3.8) is 0 Å². The molecule has 2 aromatic rings. The first kappa shape index (κ1) is 24.0. The number of aromatic nitrogens is 2. The molecule has 32 heavy (non-hydrogen) atoms. The van der Waals surface area contributed by atoms with Crippen LogP contribution in [0.3, 0.4) is 0 Å². The van der Waals surface area contributed by atoms with Crippen LogP contribution in [-0.2, 0) is 17.1 Å². The van der Waals surface area contributed by atoms with Crippen molar-refractivity contribution >= 4 is 21.6 Å². The van der Waals surface area contributed by atoms with Crippen LogP contribution in [0.5, 0.6) is 5.75 Å². The summed E-state index contributed by atoms with van der Waals surface area (Å²) in [5.74, 6) is -0.218. The van der Waals surface area contributed by atoms with E-state index >= 15 is 0 Å². The number of benzene rings is 1. The van der Waals surface area contributed by atoms with Gasteiger partial charge in [-0.15, -0.1) is 0 Å². The molecule has 1 aromatic heterocycles. The molecular weight excluding hydrogens is 434 g/mol. The molecule has 0 bridgehead atoms. The minimum atomic E-state index is -3.99. The van der Waals surface area contributed by atoms with Crippen LogP contribution in [-0.4, -0.2) is 84.7 Å². The summed E-state index contributed by atoms with van der Waals surface area (Å²) >= 11 is 0. The summed E-state index contributed by atoms with van der Waals surface area (Å²) in [6.07, 6.45) is 2.47. The Hall–Kier alpha value is -2.63. The molecule has 0 aliphatic carbocycles. The van der Waals surface area contributed by atoms with E-state index in [1.165, 1.54) is 17.1 Å². The Balaban J connectivity index is 2.09. The molecule has 1 aliphatic heterocycles. The van der Waals surface area contributed by atoms with E-state index in [0.29, 0.717) is 13.1 Å². The zero-order valence-corrected chi connectivity index (χ0v) is 19.8. The van der Waals surface area contributed by atoms with Gasteiger partial charge >= 0.3 is 0 Å². The Morgan fingerprint density at radius 3 is 2.69 bits per heavy atom. The van der Waals surface area contributed by atoms with Gasteiger partial charge in [-0.25, -0.2) is 4.98 Å². The summed E-state index contributed by atoms with van der Waals surface area (Å²) < 4.78 is 36.2. The molecule has 10 nitrogen and oxygen atoms in total. The zero-order valence-electron chi connectivity index (χ0n) is 19.0. The van der Waals surface area contributed by atoms with Gasteiger partial charge in [-0.1, -0.05) is 13.0 Å². The molecule has 0 saturated heterocycles. The van der Waals surface area contributed by atoms with Gasteiger partial charge in [0, 0.05) is 32.3 Å². The number of anilines is 1. The van der Waals surface area contributed by atoms with E-state index in [-0.39, 0.29) is 46.6 Å². The van der Waals surface area contributed by atoms with Crippen molar-refractivity contribution in [2.45, 2.75) is 31.0 Å². The van der Waals surface area contributed by atoms with Crippen molar-refractivity contribution in [1.29, 1.82) is 0 Å². The van der Waals surface area contributed by atoms with Gasteiger partial charge in [0.25, 0.3) is 15.9 Å². The predicted octanol–water partition coefficient (Wildman–Crippen LogP) is 1.00. The lowest BCUT2D eigenvalue weighted by atomic mass is 9.99. The van der Waals surface area contributed by atoms with Gasteiger partial charge in [0.2, 0.25) is 0 Å². The Bertz CT molecular complexity index is 1070. The lowest BCUT2D eigenvalue weighted by Gasteiger charge is -2.38. The molecule has 1 amide bonds. The molecule has 176 valence electrons. The smallest absolute Gasteiger partial charge is 0.281 e. The summed E-state index contributed by atoms with van der Waals surface area (Å²) in [5.41, 5.74) is 0.401. The summed E-state index contributed by atoms with van der Waals surface area (Å²) in [5, 5.41) is 9.58. The number of hydrogen-bond acceptors (Lipinski definition) is 7. The molecule has 3 atom stereocenters. The van der Waals surface area contributed by atoms with Crippen LogP contribution in [0.1, 0.15) is 24.2 Å². The van der Waals surface area contributed by atoms with Gasteiger partial charge in [0.1, 0.15) is 6.10 Å². The largest absolute Gasteiger partial charge is 0.486 e. The normalized spacial score (nSPS) is 20.3. The number of aliphatic hydroxyl groups excluding tert-OH is 1. The molecule has 0 fully saturated rings. The average Bonchev–Trinajstić information content (AvgIpc) is 3.17. The summed E-state index contributed by atoms with van der Waals surface area (Å²) in [6.45, 7) is 4.55. The predicted molar refractivity (Wildman–Crippen MR) is 120 cm³/mol. The first-order chi connectivity index (χ1) is 15.0. The monoisotopic (exact) mass is 465 g/mol. The van der Waals surface area contributed by atoms with Crippen LogP contribution in [0.2, 0.25) is 0 Å². The van der Waals surface area contributed by atoms with Gasteiger partial charge in [-0.3, -0.25) is 9.52 Å². The maximum atomic E-state index is 13.4. The van der Waals surface area contributed by atoms with E-state index in [2.05, 4.69) is 9.71 Å². The second-order valence-electron chi connectivity index (χ2n) is 8.55. The molecule has 0 radical (unpaired) electrons. The Labute approximate surface area is 188 Å². The number of sulfonamides is 1. The number of para-hydroxylation sites is 1. The number of hydrogen-bond donors (Lipinski definition) is 2. The fraction of sp³-hybridized carbons (Fsp3) is 0.524. The lowest BCUT2D eigenvalue weighted by Crippen LogP contribution is -2.49. The zero-order chi connectivity index (χ0) is 23.6. The van der Waals surface area contributed by atoms with E-state index in [1.54, 1.807) is 37.1 Å². The number of imidazole rings is 1. The lowest BCUT2D eigenvalue weighted by molar-refractivity contribution is 0.0366. The van der Waals surface area contributed by atoms with Gasteiger partial charge in [0.15, 0.2) is 10.8 Å². The number of nitrogens with one attached hydrogen (secondary N) is 1. The number of amides is 1. The second kappa shape index (κ2) is 9.47. The molecule has 0 unspecified atom stereocenters. The Kier molecular flexibility index (Phi) is 7.11. The van der Waals surface area contributed by atoms with Gasteiger partial charge in [-0.2, -0.15) is 8.42 Å². The average molecular weight is 466 g/mol. The van der Waals surface area contributed by atoms with Gasteiger partial charge < -0.3 is 24.2 Å². The molecule has 11 heteroatoms. The second-order valence-corrected chi connectivity index (χ2v) is 10.2. The minimum Gasteiger partial charge on any atom is -0.486 e. The maximum absolute atomic E-state index is 13.4. The Morgan fingerprint density at radius 2 is 2.09 bits per heavy atom. The third-order valence-corrected chi connectivity index (χ3v) is 6.69. The van der Waals surface area contributed by atoms with Crippen LogP contribution in [0.15, 0.2) is 35.7 Å². The van der Waals surface area contributed by atoms with E-state index in [1.807, 2.05) is 25.9 Å². The molecule has 3 rings (SSSR count). The van der Waals surface area contributed by atoms with E-state index in [0.717, 1.165) is 0 Å². The maximum Gasteiger partial charge on any atom is 0.281 e. The topological polar surface area (TPSA) is 117 Å². The highest BCUT2D eigenvalue weighted by Crippen LogP contribution is 2.35. The van der Waals surface area contributed by atoms with E-state index < -0.39 is 16.1 Å². The van der Waals surface area contributed by atoms with Crippen LogP contribution in [0.25, 0.3) is 0 Å². The van der Waals surface area contributed by atoms with E-state index in [4.69, 9.17) is 4.74 Å². The third-order valence-electron chi connectivity index (χ3n) is 5.44. The fourth-order valence-corrected chi connectivity index (χ4v) is 4.67. The highest BCUT2D eigenvalue weighted by Gasteiger charge is 2.34. The van der Waals surface area contributed by atoms with Crippen molar-refractivity contribution in [2.24, 2.45) is 13.0 Å². The number of carbonyl (C=O) groups excluding carboxylic acids is 1. The summed E-state index contributed by atoms with van der Waals surface area (Å²) in [4.78, 5) is 20.9. The minimum absolute atomic E-state index is 0.0658. The molecule has 2 N–H and O–H groups in total. The van der Waals surface area contributed by atoms with Crippen LogP contribution < -0.4 is 9.46 Å². The number of ether oxygens (including phenoxy) is 1. The molecular formula is C21H31N5O5S. The van der Waals surface area contributed by atoms with Crippen LogP contribution in [0.4, 0.5) is 5.69 Å². The van der Waals surface area contributed by atoms with Crippen molar-refractivity contribution in [2.75, 3.05) is 38.5 Å². The summed E-state index contributed by atoms with van der Waals surface area (Å²) in [7, 11) is 1.53. The molecule has 2 heterocycles.